The number of aryl methyl sites for hydroxylation is 1. The highest BCUT2D eigenvalue weighted by Gasteiger charge is 2.16. The maximum atomic E-state index is 5.85. The summed E-state index contributed by atoms with van der Waals surface area (Å²) in [4.78, 5) is 4.33. The number of nitrogens with two attached hydrogens (primary N) is 1. The molecule has 0 heterocycles. The van der Waals surface area contributed by atoms with Crippen LogP contribution in [0.1, 0.15) is 31.7 Å². The van der Waals surface area contributed by atoms with Crippen molar-refractivity contribution in [3.05, 3.63) is 29.8 Å². The summed E-state index contributed by atoms with van der Waals surface area (Å²) >= 11 is 0. The highest BCUT2D eigenvalue weighted by molar-refractivity contribution is 14.0. The van der Waals surface area contributed by atoms with Gasteiger partial charge in [-0.1, -0.05) is 24.1 Å². The van der Waals surface area contributed by atoms with Gasteiger partial charge < -0.3 is 15.8 Å². The topological polar surface area (TPSA) is 59.6 Å². The number of hydrogen-bond donors (Lipinski definition) is 2. The quantitative estimate of drug-likeness (QED) is 0.436. The van der Waals surface area contributed by atoms with Crippen molar-refractivity contribution < 1.29 is 4.74 Å². The van der Waals surface area contributed by atoms with Gasteiger partial charge in [0, 0.05) is 6.54 Å². The average molecular weight is 403 g/mol. The van der Waals surface area contributed by atoms with Gasteiger partial charge in [0.15, 0.2) is 5.96 Å². The lowest BCUT2D eigenvalue weighted by atomic mass is 9.85. The normalized spacial score (nSPS) is 16.6. The number of nitrogens with zero attached hydrogens (tertiary/aromatic N) is 1. The van der Waals surface area contributed by atoms with Crippen LogP contribution in [0, 0.1) is 12.8 Å². The largest absolute Gasteiger partial charge is 0.489 e. The molecule has 1 aromatic carbocycles. The van der Waals surface area contributed by atoms with Crippen molar-refractivity contribution >= 4 is 29.9 Å². The Morgan fingerprint density at radius 1 is 1.38 bits per heavy atom. The van der Waals surface area contributed by atoms with Crippen LogP contribution in [0.5, 0.6) is 5.75 Å². The lowest BCUT2D eigenvalue weighted by Gasteiger charge is -2.25. The Balaban J connectivity index is 0.00000220. The SMILES string of the molecule is Cc1ccc(OC(C)CN=C(N)NCC2CCC2)cc1.I. The van der Waals surface area contributed by atoms with Crippen LogP contribution >= 0.6 is 24.0 Å². The zero-order valence-corrected chi connectivity index (χ0v) is 15.2. The molecule has 21 heavy (non-hydrogen) atoms. The van der Waals surface area contributed by atoms with E-state index in [1.807, 2.05) is 31.2 Å². The van der Waals surface area contributed by atoms with Gasteiger partial charge in [-0.05, 0) is 44.7 Å². The van der Waals surface area contributed by atoms with Gasteiger partial charge in [-0.3, -0.25) is 0 Å². The van der Waals surface area contributed by atoms with Gasteiger partial charge in [-0.25, -0.2) is 4.99 Å². The Labute approximate surface area is 144 Å². The smallest absolute Gasteiger partial charge is 0.188 e. The van der Waals surface area contributed by atoms with E-state index in [1.54, 1.807) is 0 Å². The molecule has 1 atom stereocenters. The molecule has 3 N–H and O–H groups in total. The van der Waals surface area contributed by atoms with E-state index in [2.05, 4.69) is 17.2 Å². The van der Waals surface area contributed by atoms with Gasteiger partial charge in [0.05, 0.1) is 6.54 Å². The second kappa shape index (κ2) is 9.12. The summed E-state index contributed by atoms with van der Waals surface area (Å²) in [6.45, 7) is 5.58. The molecule has 4 nitrogen and oxygen atoms in total. The number of rotatable bonds is 6. The van der Waals surface area contributed by atoms with Crippen molar-refractivity contribution in [1.82, 2.24) is 5.32 Å². The maximum absolute atomic E-state index is 5.85. The molecule has 0 amide bonds. The zero-order chi connectivity index (χ0) is 14.4. The van der Waals surface area contributed by atoms with Crippen molar-refractivity contribution in [1.29, 1.82) is 0 Å². The first-order chi connectivity index (χ1) is 9.63. The molecule has 1 saturated carbocycles. The molecule has 0 bridgehead atoms. The number of aliphatic imine (C=N–C) groups is 1. The highest BCUT2D eigenvalue weighted by atomic mass is 127. The lowest BCUT2D eigenvalue weighted by molar-refractivity contribution is 0.230. The summed E-state index contributed by atoms with van der Waals surface area (Å²) < 4.78 is 5.79. The van der Waals surface area contributed by atoms with E-state index in [0.717, 1.165) is 18.2 Å². The van der Waals surface area contributed by atoms with Gasteiger partial charge in [0.1, 0.15) is 11.9 Å². The van der Waals surface area contributed by atoms with Crippen LogP contribution in [0.3, 0.4) is 0 Å². The number of hydrogen-bond acceptors (Lipinski definition) is 2. The summed E-state index contributed by atoms with van der Waals surface area (Å²) in [6, 6.07) is 8.04. The van der Waals surface area contributed by atoms with Crippen LogP contribution < -0.4 is 15.8 Å². The van der Waals surface area contributed by atoms with E-state index in [0.29, 0.717) is 12.5 Å². The van der Waals surface area contributed by atoms with Crippen LogP contribution in [0.25, 0.3) is 0 Å². The molecule has 0 aliphatic heterocycles. The Kier molecular flexibility index (Phi) is 7.85. The zero-order valence-electron chi connectivity index (χ0n) is 12.8. The second-order valence-electron chi connectivity index (χ2n) is 5.65. The fraction of sp³-hybridized carbons (Fsp3) is 0.562. The number of guanidine groups is 1. The molecule has 0 spiro atoms. The molecule has 1 aromatic rings. The highest BCUT2D eigenvalue weighted by Crippen LogP contribution is 2.24. The minimum absolute atomic E-state index is 0. The van der Waals surface area contributed by atoms with Gasteiger partial charge in [0.25, 0.3) is 0 Å². The summed E-state index contributed by atoms with van der Waals surface area (Å²) in [6.07, 6.45) is 3.99. The average Bonchev–Trinajstić information content (AvgIpc) is 2.37. The van der Waals surface area contributed by atoms with E-state index in [4.69, 9.17) is 10.5 Å². The van der Waals surface area contributed by atoms with Crippen molar-refractivity contribution in [2.24, 2.45) is 16.6 Å². The number of halogens is 1. The van der Waals surface area contributed by atoms with Gasteiger partial charge in [0.2, 0.25) is 0 Å². The third-order valence-corrected chi connectivity index (χ3v) is 3.67. The Morgan fingerprint density at radius 2 is 2.05 bits per heavy atom. The van der Waals surface area contributed by atoms with Crippen molar-refractivity contribution in [2.45, 2.75) is 39.2 Å². The van der Waals surface area contributed by atoms with Crippen LogP contribution in [-0.2, 0) is 0 Å². The van der Waals surface area contributed by atoms with E-state index >= 15 is 0 Å². The van der Waals surface area contributed by atoms with Crippen molar-refractivity contribution in [3.63, 3.8) is 0 Å². The van der Waals surface area contributed by atoms with Crippen LogP contribution in [0.4, 0.5) is 0 Å². The molecule has 5 heteroatoms. The van der Waals surface area contributed by atoms with Gasteiger partial charge in [-0.15, -0.1) is 24.0 Å². The van der Waals surface area contributed by atoms with E-state index in [-0.39, 0.29) is 30.1 Å². The molecule has 1 unspecified atom stereocenters. The third kappa shape index (κ3) is 6.54. The Bertz CT molecular complexity index is 443. The molecule has 2 rings (SSSR count). The monoisotopic (exact) mass is 403 g/mol. The summed E-state index contributed by atoms with van der Waals surface area (Å²) in [5.74, 6) is 2.18. The lowest BCUT2D eigenvalue weighted by Crippen LogP contribution is -2.37. The molecular formula is C16H26IN3O. The predicted octanol–water partition coefficient (Wildman–Crippen LogP) is 3.08. The number of nitrogens with one attached hydrogen (secondary N) is 1. The fourth-order valence-corrected chi connectivity index (χ4v) is 2.12. The van der Waals surface area contributed by atoms with Crippen molar-refractivity contribution in [2.75, 3.05) is 13.1 Å². The molecule has 1 aliphatic rings. The minimum atomic E-state index is 0. The Hall–Kier alpha value is -0.980. The van der Waals surface area contributed by atoms with E-state index < -0.39 is 0 Å². The standard InChI is InChI=1S/C16H25N3O.HI/c1-12-6-8-15(9-7-12)20-13(2)10-18-16(17)19-11-14-4-3-5-14;/h6-9,13-14H,3-5,10-11H2,1-2H3,(H3,17,18,19);1H. The van der Waals surface area contributed by atoms with E-state index in [1.165, 1.54) is 24.8 Å². The summed E-state index contributed by atoms with van der Waals surface area (Å²) in [7, 11) is 0. The second-order valence-corrected chi connectivity index (χ2v) is 5.65. The van der Waals surface area contributed by atoms with Gasteiger partial charge in [-0.2, -0.15) is 0 Å². The van der Waals surface area contributed by atoms with Crippen LogP contribution in [0.2, 0.25) is 0 Å². The first-order valence-corrected chi connectivity index (χ1v) is 7.40. The first kappa shape index (κ1) is 18.1. The first-order valence-electron chi connectivity index (χ1n) is 7.40. The molecule has 1 fully saturated rings. The van der Waals surface area contributed by atoms with Crippen LogP contribution in [-0.4, -0.2) is 25.2 Å². The molecule has 0 saturated heterocycles. The van der Waals surface area contributed by atoms with Crippen molar-refractivity contribution in [3.8, 4) is 5.75 Å². The molecule has 0 aromatic heterocycles. The van der Waals surface area contributed by atoms with E-state index in [9.17, 15) is 0 Å². The number of ether oxygens (including phenoxy) is 1. The number of benzene rings is 1. The fourth-order valence-electron chi connectivity index (χ4n) is 2.12. The molecule has 1 aliphatic carbocycles. The Morgan fingerprint density at radius 3 is 2.62 bits per heavy atom. The molecule has 118 valence electrons. The molecular weight excluding hydrogens is 377 g/mol. The summed E-state index contributed by atoms with van der Waals surface area (Å²) in [5.41, 5.74) is 7.07. The maximum Gasteiger partial charge on any atom is 0.188 e. The summed E-state index contributed by atoms with van der Waals surface area (Å²) in [5, 5.41) is 3.18. The predicted molar refractivity (Wildman–Crippen MR) is 98.5 cm³/mol. The third-order valence-electron chi connectivity index (χ3n) is 3.67. The minimum Gasteiger partial charge on any atom is -0.489 e. The van der Waals surface area contributed by atoms with Gasteiger partial charge >= 0.3 is 0 Å². The molecule has 0 radical (unpaired) electrons. The van der Waals surface area contributed by atoms with Crippen LogP contribution in [0.15, 0.2) is 29.3 Å².